The van der Waals surface area contributed by atoms with E-state index in [9.17, 15) is 15.0 Å². The van der Waals surface area contributed by atoms with E-state index in [4.69, 9.17) is 5.11 Å². The average Bonchev–Trinajstić information content (AvgIpc) is 2.23. The molecule has 0 bridgehead atoms. The number of rotatable bonds is 5. The number of nitrogens with one attached hydrogen (secondary N) is 1. The van der Waals surface area contributed by atoms with Crippen molar-refractivity contribution in [2.45, 2.75) is 39.5 Å². The number of hydrogen-bond acceptors (Lipinski definition) is 4. The third kappa shape index (κ3) is 3.45. The molecule has 0 unspecified atom stereocenters. The highest BCUT2D eigenvalue weighted by Gasteiger charge is 2.22. The topological polar surface area (TPSA) is 89.8 Å². The number of hydrogen-bond donors (Lipinski definition) is 4. The first-order valence-corrected chi connectivity index (χ1v) is 5.76. The summed E-state index contributed by atoms with van der Waals surface area (Å²) >= 11 is 0. The van der Waals surface area contributed by atoms with E-state index < -0.39 is 18.1 Å². The second-order valence-corrected chi connectivity index (χ2v) is 4.53. The van der Waals surface area contributed by atoms with E-state index >= 15 is 0 Å². The Balaban J connectivity index is 2.82. The van der Waals surface area contributed by atoms with E-state index in [2.05, 4.69) is 5.32 Å². The van der Waals surface area contributed by atoms with Crippen molar-refractivity contribution in [2.75, 3.05) is 0 Å². The molecule has 1 aromatic rings. The molecule has 0 aliphatic carbocycles. The lowest BCUT2D eigenvalue weighted by atomic mass is 10.0. The highest BCUT2D eigenvalue weighted by atomic mass is 16.4. The normalized spacial score (nSPS) is 14.2. The van der Waals surface area contributed by atoms with E-state index in [0.29, 0.717) is 5.56 Å². The van der Waals surface area contributed by atoms with Gasteiger partial charge in [0.15, 0.2) is 0 Å². The molecule has 2 atom stereocenters. The van der Waals surface area contributed by atoms with Crippen LogP contribution in [0.5, 0.6) is 5.75 Å². The smallest absolute Gasteiger partial charge is 0.323 e. The van der Waals surface area contributed by atoms with Gasteiger partial charge in [-0.1, -0.05) is 17.7 Å². The van der Waals surface area contributed by atoms with Crippen LogP contribution in [0.2, 0.25) is 0 Å². The largest absolute Gasteiger partial charge is 0.507 e. The van der Waals surface area contributed by atoms with Gasteiger partial charge in [0.1, 0.15) is 11.8 Å². The van der Waals surface area contributed by atoms with Crippen molar-refractivity contribution in [1.82, 2.24) is 5.32 Å². The number of aliphatic hydroxyl groups is 1. The molecule has 0 aliphatic heterocycles. The highest BCUT2D eigenvalue weighted by molar-refractivity contribution is 5.74. The number of benzene rings is 1. The van der Waals surface area contributed by atoms with Crippen LogP contribution in [-0.2, 0) is 11.3 Å². The van der Waals surface area contributed by atoms with Crippen LogP contribution >= 0.6 is 0 Å². The molecule has 0 saturated heterocycles. The Bertz CT molecular complexity index is 443. The lowest BCUT2D eigenvalue weighted by Gasteiger charge is -2.18. The number of carbonyl (C=O) groups is 1. The van der Waals surface area contributed by atoms with Gasteiger partial charge in [-0.2, -0.15) is 0 Å². The van der Waals surface area contributed by atoms with Gasteiger partial charge >= 0.3 is 5.97 Å². The van der Waals surface area contributed by atoms with Crippen LogP contribution in [0.15, 0.2) is 12.1 Å². The van der Waals surface area contributed by atoms with E-state index in [1.54, 1.807) is 13.0 Å². The predicted octanol–water partition coefficient (Wildman–Crippen LogP) is 0.933. The number of aromatic hydroxyl groups is 1. The van der Waals surface area contributed by atoms with Gasteiger partial charge < -0.3 is 15.3 Å². The van der Waals surface area contributed by atoms with Crippen molar-refractivity contribution in [3.63, 3.8) is 0 Å². The molecule has 18 heavy (non-hydrogen) atoms. The molecule has 1 rings (SSSR count). The first-order valence-electron chi connectivity index (χ1n) is 5.76. The van der Waals surface area contributed by atoms with Gasteiger partial charge in [0.25, 0.3) is 0 Å². The molecule has 0 radical (unpaired) electrons. The van der Waals surface area contributed by atoms with Crippen molar-refractivity contribution >= 4 is 5.97 Å². The summed E-state index contributed by atoms with van der Waals surface area (Å²) in [6.07, 6.45) is -1.00. The lowest BCUT2D eigenvalue weighted by molar-refractivity contribution is -0.142. The number of aliphatic carboxylic acids is 1. The molecular weight excluding hydrogens is 234 g/mol. The fourth-order valence-corrected chi connectivity index (χ4v) is 1.87. The zero-order valence-electron chi connectivity index (χ0n) is 10.8. The molecule has 100 valence electrons. The van der Waals surface area contributed by atoms with Crippen molar-refractivity contribution in [1.29, 1.82) is 0 Å². The summed E-state index contributed by atoms with van der Waals surface area (Å²) in [5.41, 5.74) is 2.36. The van der Waals surface area contributed by atoms with Crippen molar-refractivity contribution in [3.8, 4) is 5.75 Å². The molecule has 0 aliphatic rings. The fraction of sp³-hybridized carbons (Fsp3) is 0.462. The van der Waals surface area contributed by atoms with E-state index in [-0.39, 0.29) is 12.3 Å². The molecule has 1 aromatic carbocycles. The number of aryl methyl sites for hydroxylation is 2. The minimum atomic E-state index is -1.12. The Morgan fingerprint density at radius 2 is 2.00 bits per heavy atom. The lowest BCUT2D eigenvalue weighted by Crippen LogP contribution is -2.44. The standard InChI is InChI=1S/C13H19NO4/c1-7-4-8(2)12(16)10(5-7)6-14-11(9(3)15)13(17)18/h4-5,9,11,14-16H,6H2,1-3H3,(H,17,18)/t9-,11+/m1/s1. The quantitative estimate of drug-likeness (QED) is 0.627. The Kier molecular flexibility index (Phi) is 4.69. The zero-order chi connectivity index (χ0) is 13.9. The molecular formula is C13H19NO4. The minimum absolute atomic E-state index is 0.155. The van der Waals surface area contributed by atoms with Gasteiger partial charge in [-0.3, -0.25) is 10.1 Å². The van der Waals surface area contributed by atoms with Crippen LogP contribution in [0.4, 0.5) is 0 Å². The highest BCUT2D eigenvalue weighted by Crippen LogP contribution is 2.23. The zero-order valence-corrected chi connectivity index (χ0v) is 10.8. The predicted molar refractivity (Wildman–Crippen MR) is 67.5 cm³/mol. The molecule has 0 spiro atoms. The van der Waals surface area contributed by atoms with Crippen LogP contribution in [0, 0.1) is 13.8 Å². The van der Waals surface area contributed by atoms with Crippen molar-refractivity contribution in [2.24, 2.45) is 0 Å². The molecule has 0 amide bonds. The van der Waals surface area contributed by atoms with E-state index in [0.717, 1.165) is 11.1 Å². The van der Waals surface area contributed by atoms with Gasteiger partial charge in [0.05, 0.1) is 6.10 Å². The maximum absolute atomic E-state index is 10.9. The maximum atomic E-state index is 10.9. The second kappa shape index (κ2) is 5.84. The van der Waals surface area contributed by atoms with Crippen LogP contribution in [0.25, 0.3) is 0 Å². The van der Waals surface area contributed by atoms with E-state index in [1.807, 2.05) is 13.0 Å². The first-order chi connectivity index (χ1) is 8.32. The molecule has 0 fully saturated rings. The summed E-state index contributed by atoms with van der Waals surface area (Å²) in [7, 11) is 0. The molecule has 5 nitrogen and oxygen atoms in total. The minimum Gasteiger partial charge on any atom is -0.507 e. The number of carboxylic acids is 1. The number of phenols is 1. The monoisotopic (exact) mass is 253 g/mol. The number of aliphatic hydroxyl groups excluding tert-OH is 1. The first kappa shape index (κ1) is 14.5. The van der Waals surface area contributed by atoms with Crippen LogP contribution in [0.3, 0.4) is 0 Å². The Hall–Kier alpha value is -1.59. The third-order valence-electron chi connectivity index (χ3n) is 2.78. The SMILES string of the molecule is Cc1cc(C)c(O)c(CN[C@H](C(=O)O)[C@@H](C)O)c1. The Morgan fingerprint density at radius 3 is 2.50 bits per heavy atom. The van der Waals surface area contributed by atoms with Gasteiger partial charge in [0.2, 0.25) is 0 Å². The van der Waals surface area contributed by atoms with Crippen LogP contribution < -0.4 is 5.32 Å². The summed E-state index contributed by atoms with van der Waals surface area (Å²) in [6, 6.07) is 2.59. The second-order valence-electron chi connectivity index (χ2n) is 4.53. The summed E-state index contributed by atoms with van der Waals surface area (Å²) in [5, 5.41) is 30.8. The van der Waals surface area contributed by atoms with E-state index in [1.165, 1.54) is 6.92 Å². The molecule has 5 heteroatoms. The molecule has 0 heterocycles. The van der Waals surface area contributed by atoms with Gasteiger partial charge in [0, 0.05) is 12.1 Å². The maximum Gasteiger partial charge on any atom is 0.323 e. The fourth-order valence-electron chi connectivity index (χ4n) is 1.87. The summed E-state index contributed by atoms with van der Waals surface area (Å²) < 4.78 is 0. The Morgan fingerprint density at radius 1 is 1.39 bits per heavy atom. The summed E-state index contributed by atoms with van der Waals surface area (Å²) in [5.74, 6) is -0.961. The molecule has 0 aromatic heterocycles. The summed E-state index contributed by atoms with van der Waals surface area (Å²) in [6.45, 7) is 5.29. The average molecular weight is 253 g/mol. The Labute approximate surface area is 106 Å². The van der Waals surface area contributed by atoms with Gasteiger partial charge in [-0.05, 0) is 26.3 Å². The van der Waals surface area contributed by atoms with Crippen molar-refractivity contribution in [3.05, 3.63) is 28.8 Å². The number of carboxylic acid groups (broad SMARTS) is 1. The molecule has 4 N–H and O–H groups in total. The third-order valence-corrected chi connectivity index (χ3v) is 2.78. The molecule has 0 saturated carbocycles. The summed E-state index contributed by atoms with van der Waals surface area (Å²) in [4.78, 5) is 10.9. The van der Waals surface area contributed by atoms with Crippen molar-refractivity contribution < 1.29 is 20.1 Å². The van der Waals surface area contributed by atoms with Crippen LogP contribution in [-0.4, -0.2) is 33.4 Å². The van der Waals surface area contributed by atoms with Gasteiger partial charge in [-0.15, -0.1) is 0 Å². The number of phenolic OH excluding ortho intramolecular Hbond substituents is 1. The van der Waals surface area contributed by atoms with Crippen LogP contribution in [0.1, 0.15) is 23.6 Å². The van der Waals surface area contributed by atoms with Gasteiger partial charge in [-0.25, -0.2) is 0 Å².